The van der Waals surface area contributed by atoms with E-state index in [-0.39, 0.29) is 11.8 Å². The van der Waals surface area contributed by atoms with Crippen molar-refractivity contribution in [2.45, 2.75) is 33.6 Å². The van der Waals surface area contributed by atoms with Crippen LogP contribution in [0.5, 0.6) is 0 Å². The van der Waals surface area contributed by atoms with E-state index in [2.05, 4.69) is 0 Å². The lowest BCUT2D eigenvalue weighted by Crippen LogP contribution is -2.37. The van der Waals surface area contributed by atoms with Gasteiger partial charge in [-0.3, -0.25) is 9.59 Å². The first kappa shape index (κ1) is 19.2. The molecule has 0 unspecified atom stereocenters. The van der Waals surface area contributed by atoms with Crippen LogP contribution in [0.1, 0.15) is 32.3 Å². The van der Waals surface area contributed by atoms with E-state index in [4.69, 9.17) is 4.74 Å². The zero-order valence-corrected chi connectivity index (χ0v) is 14.7. The Morgan fingerprint density at radius 1 is 1.22 bits per heavy atom. The molecule has 0 bridgehead atoms. The van der Waals surface area contributed by atoms with Crippen LogP contribution >= 0.6 is 0 Å². The van der Waals surface area contributed by atoms with Gasteiger partial charge in [-0.05, 0) is 38.0 Å². The van der Waals surface area contributed by atoms with Gasteiger partial charge in [0.1, 0.15) is 0 Å². The molecular formula is C18H28N2O3. The quantitative estimate of drug-likeness (QED) is 0.657. The van der Waals surface area contributed by atoms with Gasteiger partial charge < -0.3 is 14.5 Å². The van der Waals surface area contributed by atoms with Gasteiger partial charge in [0.05, 0.1) is 0 Å². The van der Waals surface area contributed by atoms with Gasteiger partial charge in [-0.15, -0.1) is 0 Å². The first-order valence-electron chi connectivity index (χ1n) is 8.11. The van der Waals surface area contributed by atoms with E-state index in [1.165, 1.54) is 6.92 Å². The Hall–Kier alpha value is -1.88. The fraction of sp³-hybridized carbons (Fsp3) is 0.556. The number of carbonyl (C=O) groups excluding carboxylic acids is 2. The molecule has 0 saturated heterocycles. The fourth-order valence-corrected chi connectivity index (χ4v) is 2.49. The highest BCUT2D eigenvalue weighted by molar-refractivity contribution is 5.93. The van der Waals surface area contributed by atoms with E-state index in [1.807, 2.05) is 38.1 Å². The van der Waals surface area contributed by atoms with Crippen LogP contribution in [0.25, 0.3) is 0 Å². The lowest BCUT2D eigenvalue weighted by atomic mass is 10.2. The molecule has 0 heterocycles. The molecule has 0 aliphatic rings. The molecule has 5 heteroatoms. The maximum absolute atomic E-state index is 12.5. The average Bonchev–Trinajstić information content (AvgIpc) is 2.51. The molecule has 0 aromatic heterocycles. The van der Waals surface area contributed by atoms with Gasteiger partial charge in [0.2, 0.25) is 11.8 Å². The molecule has 0 radical (unpaired) electrons. The van der Waals surface area contributed by atoms with Crippen molar-refractivity contribution < 1.29 is 14.3 Å². The highest BCUT2D eigenvalue weighted by Gasteiger charge is 2.16. The van der Waals surface area contributed by atoms with Crippen molar-refractivity contribution in [2.75, 3.05) is 38.3 Å². The minimum absolute atomic E-state index is 0.00694. The molecule has 5 nitrogen and oxygen atoms in total. The number of carbonyl (C=O) groups is 2. The zero-order chi connectivity index (χ0) is 17.2. The molecule has 0 fully saturated rings. The van der Waals surface area contributed by atoms with Gasteiger partial charge in [0, 0.05) is 52.4 Å². The summed E-state index contributed by atoms with van der Waals surface area (Å²) in [6, 6.07) is 7.90. The smallest absolute Gasteiger partial charge is 0.228 e. The Balaban J connectivity index is 2.62. The third kappa shape index (κ3) is 6.40. The molecule has 1 aromatic carbocycles. The molecule has 2 amide bonds. The van der Waals surface area contributed by atoms with Gasteiger partial charge in [0.25, 0.3) is 0 Å². The summed E-state index contributed by atoms with van der Waals surface area (Å²) in [7, 11) is 1.64. The number of benzene rings is 1. The third-order valence-corrected chi connectivity index (χ3v) is 3.75. The number of aryl methyl sites for hydroxylation is 1. The maximum atomic E-state index is 12.5. The van der Waals surface area contributed by atoms with Gasteiger partial charge in [0.15, 0.2) is 0 Å². The summed E-state index contributed by atoms with van der Waals surface area (Å²) in [6.45, 7) is 7.80. The Bertz CT molecular complexity index is 517. The second kappa shape index (κ2) is 10.0. The Kier molecular flexibility index (Phi) is 8.33. The van der Waals surface area contributed by atoms with Crippen molar-refractivity contribution >= 4 is 17.5 Å². The molecule has 0 spiro atoms. The van der Waals surface area contributed by atoms with Crippen molar-refractivity contribution in [2.24, 2.45) is 0 Å². The van der Waals surface area contributed by atoms with Crippen molar-refractivity contribution in [3.05, 3.63) is 29.8 Å². The highest BCUT2D eigenvalue weighted by atomic mass is 16.5. The highest BCUT2D eigenvalue weighted by Crippen LogP contribution is 2.16. The van der Waals surface area contributed by atoms with Crippen LogP contribution in [0.2, 0.25) is 0 Å². The Labute approximate surface area is 139 Å². The third-order valence-electron chi connectivity index (χ3n) is 3.75. The predicted molar refractivity (Wildman–Crippen MR) is 92.6 cm³/mol. The Morgan fingerprint density at radius 2 is 1.96 bits per heavy atom. The number of amides is 2. The molecule has 128 valence electrons. The average molecular weight is 320 g/mol. The van der Waals surface area contributed by atoms with Crippen molar-refractivity contribution in [1.82, 2.24) is 4.90 Å². The summed E-state index contributed by atoms with van der Waals surface area (Å²) in [5, 5.41) is 0. The molecule has 0 N–H and O–H groups in total. The second-order valence-corrected chi connectivity index (χ2v) is 5.58. The van der Waals surface area contributed by atoms with E-state index >= 15 is 0 Å². The number of rotatable bonds is 9. The number of nitrogens with zero attached hydrogens (tertiary/aromatic N) is 2. The summed E-state index contributed by atoms with van der Waals surface area (Å²) in [5.41, 5.74) is 2.03. The van der Waals surface area contributed by atoms with Crippen LogP contribution in [0.4, 0.5) is 5.69 Å². The van der Waals surface area contributed by atoms with Crippen LogP contribution in [0, 0.1) is 6.92 Å². The molecule has 23 heavy (non-hydrogen) atoms. The predicted octanol–water partition coefficient (Wildman–Crippen LogP) is 2.62. The summed E-state index contributed by atoms with van der Waals surface area (Å²) in [4.78, 5) is 27.6. The van der Waals surface area contributed by atoms with Gasteiger partial charge in [-0.1, -0.05) is 12.1 Å². The van der Waals surface area contributed by atoms with Gasteiger partial charge in [-0.2, -0.15) is 0 Å². The summed E-state index contributed by atoms with van der Waals surface area (Å²) in [6.07, 6.45) is 1.11. The fourth-order valence-electron chi connectivity index (χ4n) is 2.49. The van der Waals surface area contributed by atoms with Crippen molar-refractivity contribution in [3.8, 4) is 0 Å². The standard InChI is InChI=1S/C18H28N2O3/c1-5-20(17-9-6-8-15(2)14-17)18(22)10-12-19(16(3)21)11-7-13-23-4/h6,8-9,14H,5,7,10-13H2,1-4H3. The molecule has 0 atom stereocenters. The second-order valence-electron chi connectivity index (χ2n) is 5.58. The van der Waals surface area contributed by atoms with Gasteiger partial charge >= 0.3 is 0 Å². The molecular weight excluding hydrogens is 292 g/mol. The maximum Gasteiger partial charge on any atom is 0.228 e. The lowest BCUT2D eigenvalue weighted by Gasteiger charge is -2.25. The lowest BCUT2D eigenvalue weighted by molar-refractivity contribution is -0.129. The zero-order valence-electron chi connectivity index (χ0n) is 14.7. The van der Waals surface area contributed by atoms with Crippen molar-refractivity contribution in [3.63, 3.8) is 0 Å². The summed E-state index contributed by atoms with van der Waals surface area (Å²) in [5.74, 6) is 0.0311. The molecule has 0 saturated carbocycles. The van der Waals surface area contributed by atoms with Crippen LogP contribution in [-0.4, -0.2) is 50.1 Å². The molecule has 0 aliphatic heterocycles. The first-order valence-corrected chi connectivity index (χ1v) is 8.11. The minimum atomic E-state index is -0.00694. The van der Waals surface area contributed by atoms with Crippen LogP contribution in [0.3, 0.4) is 0 Å². The molecule has 1 rings (SSSR count). The molecule has 0 aliphatic carbocycles. The minimum Gasteiger partial charge on any atom is -0.385 e. The number of anilines is 1. The first-order chi connectivity index (χ1) is 11.0. The Morgan fingerprint density at radius 3 is 2.52 bits per heavy atom. The van der Waals surface area contributed by atoms with E-state index in [1.54, 1.807) is 16.9 Å². The largest absolute Gasteiger partial charge is 0.385 e. The van der Waals surface area contributed by atoms with Gasteiger partial charge in [-0.25, -0.2) is 0 Å². The van der Waals surface area contributed by atoms with E-state index in [0.717, 1.165) is 17.7 Å². The van der Waals surface area contributed by atoms with E-state index < -0.39 is 0 Å². The van der Waals surface area contributed by atoms with E-state index in [0.29, 0.717) is 32.7 Å². The normalized spacial score (nSPS) is 10.4. The monoisotopic (exact) mass is 320 g/mol. The number of hydrogen-bond donors (Lipinski definition) is 0. The van der Waals surface area contributed by atoms with Crippen LogP contribution < -0.4 is 4.90 Å². The summed E-state index contributed by atoms with van der Waals surface area (Å²) >= 11 is 0. The van der Waals surface area contributed by atoms with Crippen LogP contribution in [0.15, 0.2) is 24.3 Å². The topological polar surface area (TPSA) is 49.9 Å². The van der Waals surface area contributed by atoms with Crippen molar-refractivity contribution in [1.29, 1.82) is 0 Å². The molecule has 1 aromatic rings. The number of ether oxygens (including phenoxy) is 1. The summed E-state index contributed by atoms with van der Waals surface area (Å²) < 4.78 is 5.01. The van der Waals surface area contributed by atoms with Crippen LogP contribution in [-0.2, 0) is 14.3 Å². The van der Waals surface area contributed by atoms with E-state index in [9.17, 15) is 9.59 Å². The SMILES string of the molecule is CCN(C(=O)CCN(CCCOC)C(C)=O)c1cccc(C)c1. The number of hydrogen-bond acceptors (Lipinski definition) is 3. The number of methoxy groups -OCH3 is 1.